The zero-order chi connectivity index (χ0) is 12.3. The lowest BCUT2D eigenvalue weighted by molar-refractivity contribution is 0.414. The summed E-state index contributed by atoms with van der Waals surface area (Å²) in [6.07, 6.45) is 6.46. The van der Waals surface area contributed by atoms with Gasteiger partial charge in [0, 0.05) is 18.7 Å². The molecule has 2 rings (SSSR count). The van der Waals surface area contributed by atoms with Gasteiger partial charge in [-0.2, -0.15) is 4.98 Å². The molecular weight excluding hydrogens is 280 g/mol. The van der Waals surface area contributed by atoms with E-state index < -0.39 is 0 Å². The first kappa shape index (κ1) is 12.6. The number of rotatable bonds is 3. The number of hydrogen-bond acceptors (Lipinski definition) is 4. The first-order valence-corrected chi connectivity index (χ1v) is 7.06. The molecule has 0 aliphatic heterocycles. The maximum atomic E-state index is 5.77. The van der Waals surface area contributed by atoms with Gasteiger partial charge in [-0.1, -0.05) is 19.3 Å². The summed E-state index contributed by atoms with van der Waals surface area (Å²) in [6, 6.07) is 2.31. The number of nitrogens with zero attached hydrogens (tertiary/aromatic N) is 3. The van der Waals surface area contributed by atoms with Gasteiger partial charge in [-0.3, -0.25) is 0 Å². The Labute approximate surface area is 111 Å². The van der Waals surface area contributed by atoms with Crippen LogP contribution in [0.3, 0.4) is 0 Å². The lowest BCUT2D eigenvalue weighted by Gasteiger charge is -2.33. The molecule has 0 amide bonds. The Bertz CT molecular complexity index is 357. The van der Waals surface area contributed by atoms with Crippen LogP contribution in [0.15, 0.2) is 10.7 Å². The summed E-state index contributed by atoms with van der Waals surface area (Å²) in [5, 5.41) is 0. The second kappa shape index (κ2) is 5.67. The second-order valence-corrected chi connectivity index (χ2v) is 5.31. The first-order valence-electron chi connectivity index (χ1n) is 6.27. The molecule has 0 aromatic carbocycles. The van der Waals surface area contributed by atoms with E-state index in [1.807, 2.05) is 0 Å². The minimum atomic E-state index is 0.524. The third-order valence-electron chi connectivity index (χ3n) is 3.32. The van der Waals surface area contributed by atoms with Crippen molar-refractivity contribution < 1.29 is 0 Å². The Morgan fingerprint density at radius 2 is 2.06 bits per heavy atom. The van der Waals surface area contributed by atoms with E-state index in [4.69, 9.17) is 5.73 Å². The Kier molecular flexibility index (Phi) is 4.20. The SMILES string of the molecule is CCN(c1nc(N)cc(Br)n1)C1CCCCC1. The lowest BCUT2D eigenvalue weighted by Crippen LogP contribution is -2.38. The molecule has 1 aliphatic rings. The minimum Gasteiger partial charge on any atom is -0.383 e. The van der Waals surface area contributed by atoms with Gasteiger partial charge in [0.15, 0.2) is 0 Å². The minimum absolute atomic E-state index is 0.524. The monoisotopic (exact) mass is 298 g/mol. The molecule has 0 unspecified atom stereocenters. The van der Waals surface area contributed by atoms with Crippen LogP contribution in [-0.4, -0.2) is 22.6 Å². The highest BCUT2D eigenvalue weighted by molar-refractivity contribution is 9.10. The van der Waals surface area contributed by atoms with Gasteiger partial charge < -0.3 is 10.6 Å². The van der Waals surface area contributed by atoms with Crippen molar-refractivity contribution in [2.24, 2.45) is 0 Å². The van der Waals surface area contributed by atoms with E-state index in [0.29, 0.717) is 11.9 Å². The molecule has 4 nitrogen and oxygen atoms in total. The van der Waals surface area contributed by atoms with Crippen molar-refractivity contribution in [3.05, 3.63) is 10.7 Å². The summed E-state index contributed by atoms with van der Waals surface area (Å²) in [5.41, 5.74) is 5.77. The van der Waals surface area contributed by atoms with E-state index in [1.165, 1.54) is 32.1 Å². The zero-order valence-electron chi connectivity index (χ0n) is 10.2. The number of nitrogens with two attached hydrogens (primary N) is 1. The molecule has 0 saturated heterocycles. The topological polar surface area (TPSA) is 55.0 Å². The van der Waals surface area contributed by atoms with Crippen molar-refractivity contribution in [3.63, 3.8) is 0 Å². The molecule has 17 heavy (non-hydrogen) atoms. The first-order chi connectivity index (χ1) is 8.20. The predicted octanol–water partition coefficient (Wildman–Crippen LogP) is 2.98. The standard InChI is InChI=1S/C12H19BrN4/c1-2-17(9-6-4-3-5-7-9)12-15-10(13)8-11(14)16-12/h8-9H,2-7H2,1H3,(H2,14,15,16). The van der Waals surface area contributed by atoms with Crippen LogP contribution >= 0.6 is 15.9 Å². The Morgan fingerprint density at radius 1 is 1.35 bits per heavy atom. The van der Waals surface area contributed by atoms with Gasteiger partial charge in [0.2, 0.25) is 5.95 Å². The van der Waals surface area contributed by atoms with Gasteiger partial charge in [-0.15, -0.1) is 0 Å². The van der Waals surface area contributed by atoms with Crippen LogP contribution in [0.5, 0.6) is 0 Å². The van der Waals surface area contributed by atoms with E-state index in [2.05, 4.69) is 37.7 Å². The number of aromatic nitrogens is 2. The molecule has 1 heterocycles. The van der Waals surface area contributed by atoms with Crippen LogP contribution in [0, 0.1) is 0 Å². The van der Waals surface area contributed by atoms with Gasteiger partial charge in [-0.05, 0) is 35.7 Å². The average Bonchev–Trinajstić information content (AvgIpc) is 2.30. The van der Waals surface area contributed by atoms with Crippen molar-refractivity contribution in [2.45, 2.75) is 45.1 Å². The number of halogens is 1. The highest BCUT2D eigenvalue weighted by Crippen LogP contribution is 2.26. The molecule has 0 spiro atoms. The van der Waals surface area contributed by atoms with Gasteiger partial charge in [0.05, 0.1) is 0 Å². The van der Waals surface area contributed by atoms with Crippen molar-refractivity contribution in [1.29, 1.82) is 0 Å². The van der Waals surface area contributed by atoms with Crippen LogP contribution < -0.4 is 10.6 Å². The molecule has 5 heteroatoms. The van der Waals surface area contributed by atoms with E-state index in [-0.39, 0.29) is 0 Å². The highest BCUT2D eigenvalue weighted by Gasteiger charge is 2.22. The second-order valence-electron chi connectivity index (χ2n) is 4.49. The Balaban J connectivity index is 2.21. The fourth-order valence-electron chi connectivity index (χ4n) is 2.51. The zero-order valence-corrected chi connectivity index (χ0v) is 11.8. The number of hydrogen-bond donors (Lipinski definition) is 1. The molecule has 1 aromatic heterocycles. The van der Waals surface area contributed by atoms with Gasteiger partial charge in [0.1, 0.15) is 10.4 Å². The summed E-state index contributed by atoms with van der Waals surface area (Å²) < 4.78 is 0.759. The number of anilines is 2. The third kappa shape index (κ3) is 3.09. The fraction of sp³-hybridized carbons (Fsp3) is 0.667. The fourth-order valence-corrected chi connectivity index (χ4v) is 2.90. The Hall–Kier alpha value is -0.840. The highest BCUT2D eigenvalue weighted by atomic mass is 79.9. The van der Waals surface area contributed by atoms with Gasteiger partial charge >= 0.3 is 0 Å². The normalized spacial score (nSPS) is 17.1. The quantitative estimate of drug-likeness (QED) is 0.872. The van der Waals surface area contributed by atoms with Gasteiger partial charge in [0.25, 0.3) is 0 Å². The Morgan fingerprint density at radius 3 is 2.65 bits per heavy atom. The summed E-state index contributed by atoms with van der Waals surface area (Å²) >= 11 is 3.38. The lowest BCUT2D eigenvalue weighted by atomic mass is 9.94. The molecular formula is C12H19BrN4. The molecule has 0 atom stereocenters. The van der Waals surface area contributed by atoms with Crippen LogP contribution in [0.1, 0.15) is 39.0 Å². The van der Waals surface area contributed by atoms with Crippen LogP contribution in [-0.2, 0) is 0 Å². The van der Waals surface area contributed by atoms with Crippen LogP contribution in [0.2, 0.25) is 0 Å². The molecule has 1 aliphatic carbocycles. The molecule has 1 fully saturated rings. The van der Waals surface area contributed by atoms with Crippen LogP contribution in [0.25, 0.3) is 0 Å². The van der Waals surface area contributed by atoms with E-state index in [0.717, 1.165) is 17.1 Å². The molecule has 1 saturated carbocycles. The molecule has 94 valence electrons. The van der Waals surface area contributed by atoms with Crippen molar-refractivity contribution in [1.82, 2.24) is 9.97 Å². The summed E-state index contributed by atoms with van der Waals surface area (Å²) in [5.74, 6) is 1.28. The third-order valence-corrected chi connectivity index (χ3v) is 3.72. The van der Waals surface area contributed by atoms with E-state index in [9.17, 15) is 0 Å². The summed E-state index contributed by atoms with van der Waals surface area (Å²) in [6.45, 7) is 3.08. The smallest absolute Gasteiger partial charge is 0.228 e. The van der Waals surface area contributed by atoms with Gasteiger partial charge in [-0.25, -0.2) is 4.98 Å². The maximum absolute atomic E-state index is 5.77. The van der Waals surface area contributed by atoms with Crippen molar-refractivity contribution in [2.75, 3.05) is 17.2 Å². The average molecular weight is 299 g/mol. The molecule has 0 radical (unpaired) electrons. The van der Waals surface area contributed by atoms with Crippen molar-refractivity contribution in [3.8, 4) is 0 Å². The van der Waals surface area contributed by atoms with E-state index in [1.54, 1.807) is 6.07 Å². The molecule has 2 N–H and O–H groups in total. The van der Waals surface area contributed by atoms with E-state index >= 15 is 0 Å². The predicted molar refractivity (Wildman–Crippen MR) is 74.0 cm³/mol. The summed E-state index contributed by atoms with van der Waals surface area (Å²) in [4.78, 5) is 11.1. The largest absolute Gasteiger partial charge is 0.383 e. The molecule has 0 bridgehead atoms. The molecule has 1 aromatic rings. The van der Waals surface area contributed by atoms with Crippen molar-refractivity contribution >= 4 is 27.7 Å². The van der Waals surface area contributed by atoms with Crippen LogP contribution in [0.4, 0.5) is 11.8 Å². The maximum Gasteiger partial charge on any atom is 0.228 e. The number of nitrogen functional groups attached to an aromatic ring is 1. The summed E-state index contributed by atoms with van der Waals surface area (Å²) in [7, 11) is 0.